The molecule has 0 atom stereocenters. The summed E-state index contributed by atoms with van der Waals surface area (Å²) >= 11 is 0. The van der Waals surface area contributed by atoms with E-state index >= 15 is 0 Å². The molecule has 1 rings (SSSR count). The number of rotatable bonds is 1. The van der Waals surface area contributed by atoms with Gasteiger partial charge in [-0.1, -0.05) is 6.07 Å². The van der Waals surface area contributed by atoms with Gasteiger partial charge in [0.25, 0.3) is 0 Å². The van der Waals surface area contributed by atoms with Crippen LogP contribution in [0.2, 0.25) is 0 Å². The molecule has 66 valence electrons. The van der Waals surface area contributed by atoms with Crippen LogP contribution >= 0.6 is 0 Å². The van der Waals surface area contributed by atoms with Crippen LogP contribution in [0, 0.1) is 6.92 Å². The first-order valence-corrected chi connectivity index (χ1v) is 4.18. The van der Waals surface area contributed by atoms with E-state index in [-0.39, 0.29) is 5.54 Å². The molecule has 12 heavy (non-hydrogen) atoms. The average molecular weight is 164 g/mol. The zero-order valence-electron chi connectivity index (χ0n) is 8.18. The summed E-state index contributed by atoms with van der Waals surface area (Å²) in [7, 11) is 0. The number of nitrogens with one attached hydrogen (secondary N) is 1. The predicted molar refractivity (Wildman–Crippen MR) is 52.3 cm³/mol. The van der Waals surface area contributed by atoms with Crippen LogP contribution in [0.1, 0.15) is 26.3 Å². The number of nitrogens with zero attached hydrogens (tertiary/aromatic N) is 1. The second-order valence-electron chi connectivity index (χ2n) is 4.10. The van der Waals surface area contributed by atoms with Crippen molar-refractivity contribution in [1.29, 1.82) is 0 Å². The molecule has 0 aliphatic heterocycles. The molecule has 1 N–H and O–H groups in total. The van der Waals surface area contributed by atoms with Gasteiger partial charge in [-0.15, -0.1) is 0 Å². The number of hydrogen-bond donors (Lipinski definition) is 1. The minimum Gasteiger partial charge on any atom is -0.365 e. The van der Waals surface area contributed by atoms with Gasteiger partial charge in [0, 0.05) is 11.7 Å². The number of aromatic nitrogens is 1. The van der Waals surface area contributed by atoms with E-state index in [9.17, 15) is 0 Å². The van der Waals surface area contributed by atoms with Crippen LogP contribution in [0.5, 0.6) is 0 Å². The van der Waals surface area contributed by atoms with Crippen LogP contribution in [0.25, 0.3) is 0 Å². The molecule has 0 aliphatic carbocycles. The van der Waals surface area contributed by atoms with Crippen LogP contribution in [-0.2, 0) is 0 Å². The Bertz CT molecular complexity index is 244. The molecule has 0 unspecified atom stereocenters. The molecule has 0 saturated carbocycles. The fourth-order valence-corrected chi connectivity index (χ4v) is 0.926. The van der Waals surface area contributed by atoms with Crippen molar-refractivity contribution in [3.63, 3.8) is 0 Å². The van der Waals surface area contributed by atoms with E-state index in [1.54, 1.807) is 0 Å². The molecule has 0 saturated heterocycles. The van der Waals surface area contributed by atoms with Gasteiger partial charge in [0.05, 0.1) is 0 Å². The Morgan fingerprint density at radius 3 is 2.33 bits per heavy atom. The topological polar surface area (TPSA) is 24.9 Å². The van der Waals surface area contributed by atoms with Crippen molar-refractivity contribution < 1.29 is 0 Å². The van der Waals surface area contributed by atoms with Crippen molar-refractivity contribution in [3.05, 3.63) is 23.9 Å². The van der Waals surface area contributed by atoms with Crippen molar-refractivity contribution in [2.75, 3.05) is 5.32 Å². The third-order valence-corrected chi connectivity index (χ3v) is 1.41. The van der Waals surface area contributed by atoms with Crippen LogP contribution in [0.4, 0.5) is 5.82 Å². The van der Waals surface area contributed by atoms with Gasteiger partial charge in [-0.05, 0) is 39.3 Å². The summed E-state index contributed by atoms with van der Waals surface area (Å²) in [6.45, 7) is 8.39. The molecule has 1 aromatic rings. The van der Waals surface area contributed by atoms with Gasteiger partial charge in [0.2, 0.25) is 0 Å². The van der Waals surface area contributed by atoms with E-state index < -0.39 is 0 Å². The Balaban J connectivity index is 2.71. The van der Waals surface area contributed by atoms with E-state index in [0.29, 0.717) is 0 Å². The molecule has 0 radical (unpaired) electrons. The van der Waals surface area contributed by atoms with Crippen LogP contribution in [0.3, 0.4) is 0 Å². The van der Waals surface area contributed by atoms with Crippen molar-refractivity contribution in [3.8, 4) is 0 Å². The molecular formula is C10H16N2. The molecule has 0 fully saturated rings. The molecule has 2 nitrogen and oxygen atoms in total. The van der Waals surface area contributed by atoms with Crippen molar-refractivity contribution in [1.82, 2.24) is 4.98 Å². The lowest BCUT2D eigenvalue weighted by molar-refractivity contribution is 0.630. The smallest absolute Gasteiger partial charge is 0.126 e. The lowest BCUT2D eigenvalue weighted by Crippen LogP contribution is -2.26. The summed E-state index contributed by atoms with van der Waals surface area (Å²) in [6.07, 6.45) is 1.87. The minimum absolute atomic E-state index is 0.0856. The van der Waals surface area contributed by atoms with Crippen molar-refractivity contribution in [2.45, 2.75) is 33.2 Å². The maximum atomic E-state index is 4.25. The lowest BCUT2D eigenvalue weighted by atomic mass is 10.1. The first-order valence-electron chi connectivity index (χ1n) is 4.18. The molecule has 0 aromatic carbocycles. The van der Waals surface area contributed by atoms with Gasteiger partial charge in [0.15, 0.2) is 0 Å². The highest BCUT2D eigenvalue weighted by atomic mass is 15.0. The van der Waals surface area contributed by atoms with Gasteiger partial charge < -0.3 is 5.32 Å². The molecule has 0 amide bonds. The quantitative estimate of drug-likeness (QED) is 0.690. The summed E-state index contributed by atoms with van der Waals surface area (Å²) in [5.74, 6) is 0.938. The van der Waals surface area contributed by atoms with Gasteiger partial charge >= 0.3 is 0 Å². The Kier molecular flexibility index (Phi) is 2.36. The summed E-state index contributed by atoms with van der Waals surface area (Å²) in [4.78, 5) is 4.25. The van der Waals surface area contributed by atoms with Crippen LogP contribution in [-0.4, -0.2) is 10.5 Å². The maximum Gasteiger partial charge on any atom is 0.126 e. The lowest BCUT2D eigenvalue weighted by Gasteiger charge is -2.21. The van der Waals surface area contributed by atoms with E-state index in [1.165, 1.54) is 5.56 Å². The third kappa shape index (κ3) is 2.91. The van der Waals surface area contributed by atoms with Gasteiger partial charge in [0.1, 0.15) is 5.82 Å². The van der Waals surface area contributed by atoms with Gasteiger partial charge in [-0.25, -0.2) is 4.98 Å². The molecule has 1 heterocycles. The molecule has 0 bridgehead atoms. The number of hydrogen-bond acceptors (Lipinski definition) is 2. The van der Waals surface area contributed by atoms with Crippen LogP contribution in [0.15, 0.2) is 18.3 Å². The Hall–Kier alpha value is -1.05. The van der Waals surface area contributed by atoms with Crippen LogP contribution < -0.4 is 5.32 Å². The first-order chi connectivity index (χ1) is 5.47. The Morgan fingerprint density at radius 2 is 1.92 bits per heavy atom. The summed E-state index contributed by atoms with van der Waals surface area (Å²) in [5, 5.41) is 3.30. The fraction of sp³-hybridized carbons (Fsp3) is 0.500. The molecule has 2 heteroatoms. The van der Waals surface area contributed by atoms with Gasteiger partial charge in [-0.2, -0.15) is 0 Å². The maximum absolute atomic E-state index is 4.25. The summed E-state index contributed by atoms with van der Waals surface area (Å²) in [5.41, 5.74) is 1.27. The number of aryl methyl sites for hydroxylation is 1. The average Bonchev–Trinajstić information content (AvgIpc) is 1.91. The largest absolute Gasteiger partial charge is 0.365 e. The SMILES string of the molecule is Cc1ccc(NC(C)(C)C)nc1. The Morgan fingerprint density at radius 1 is 1.25 bits per heavy atom. The van der Waals surface area contributed by atoms with E-state index in [4.69, 9.17) is 0 Å². The predicted octanol–water partition coefficient (Wildman–Crippen LogP) is 2.60. The third-order valence-electron chi connectivity index (χ3n) is 1.41. The van der Waals surface area contributed by atoms with E-state index in [0.717, 1.165) is 5.82 Å². The second-order valence-corrected chi connectivity index (χ2v) is 4.10. The molecule has 1 aromatic heterocycles. The standard InChI is InChI=1S/C10H16N2/c1-8-5-6-9(11-7-8)12-10(2,3)4/h5-7H,1-4H3,(H,11,12). The molecule has 0 aliphatic rings. The highest BCUT2D eigenvalue weighted by molar-refractivity contribution is 5.37. The van der Waals surface area contributed by atoms with Gasteiger partial charge in [-0.3, -0.25) is 0 Å². The first kappa shape index (κ1) is 9.04. The Labute approximate surface area is 74.0 Å². The minimum atomic E-state index is 0.0856. The summed E-state index contributed by atoms with van der Waals surface area (Å²) in [6, 6.07) is 4.06. The molecular weight excluding hydrogens is 148 g/mol. The fourth-order valence-electron chi connectivity index (χ4n) is 0.926. The van der Waals surface area contributed by atoms with E-state index in [1.807, 2.05) is 19.2 Å². The molecule has 0 spiro atoms. The monoisotopic (exact) mass is 164 g/mol. The zero-order valence-corrected chi connectivity index (χ0v) is 8.18. The number of anilines is 1. The second kappa shape index (κ2) is 3.13. The van der Waals surface area contributed by atoms with Crippen molar-refractivity contribution in [2.24, 2.45) is 0 Å². The highest BCUT2D eigenvalue weighted by Gasteiger charge is 2.08. The van der Waals surface area contributed by atoms with E-state index in [2.05, 4.69) is 37.1 Å². The summed E-state index contributed by atoms with van der Waals surface area (Å²) < 4.78 is 0. The normalized spacial score (nSPS) is 11.3. The highest BCUT2D eigenvalue weighted by Crippen LogP contribution is 2.11. The van der Waals surface area contributed by atoms with Crippen molar-refractivity contribution >= 4 is 5.82 Å². The number of pyridine rings is 1. The zero-order chi connectivity index (χ0) is 9.19.